The van der Waals surface area contributed by atoms with Crippen LogP contribution in [0.25, 0.3) is 88.8 Å². The lowest BCUT2D eigenvalue weighted by atomic mass is 9.91. The number of pyridine rings is 1. The van der Waals surface area contributed by atoms with Gasteiger partial charge in [0.1, 0.15) is 11.2 Å². The Bertz CT molecular complexity index is 2480. The maximum absolute atomic E-state index is 6.48. The van der Waals surface area contributed by atoms with Crippen LogP contribution in [0.5, 0.6) is 0 Å². The van der Waals surface area contributed by atoms with Gasteiger partial charge >= 0.3 is 0 Å². The first-order chi connectivity index (χ1) is 22.3. The van der Waals surface area contributed by atoms with Gasteiger partial charge in [0.2, 0.25) is 0 Å². The van der Waals surface area contributed by atoms with Crippen LogP contribution < -0.4 is 0 Å². The van der Waals surface area contributed by atoms with E-state index in [0.29, 0.717) is 17.5 Å². The van der Waals surface area contributed by atoms with Crippen molar-refractivity contribution < 1.29 is 4.42 Å². The van der Waals surface area contributed by atoms with Crippen molar-refractivity contribution in [1.29, 1.82) is 0 Å². The number of nitrogens with zero attached hydrogens (tertiary/aromatic N) is 4. The molecule has 0 radical (unpaired) electrons. The van der Waals surface area contributed by atoms with E-state index in [0.717, 1.165) is 71.3 Å². The number of furan rings is 1. The standard InChI is InChI=1S/C40H24N4O/c1-3-10-26(11-4-1)38-42-39(27-12-5-2-6-13-27)44-40(43-38)33-21-20-30(28-15-7-8-16-29(28)33)31-17-9-14-25-18-19-32-34-24-41-23-22-35(34)45-37(32)36(25)31/h1-24H. The van der Waals surface area contributed by atoms with Crippen LogP contribution in [0.3, 0.4) is 0 Å². The van der Waals surface area contributed by atoms with Crippen molar-refractivity contribution in [3.05, 3.63) is 146 Å². The molecule has 0 atom stereocenters. The van der Waals surface area contributed by atoms with E-state index in [-0.39, 0.29) is 0 Å². The van der Waals surface area contributed by atoms with E-state index in [1.54, 1.807) is 6.20 Å². The van der Waals surface area contributed by atoms with Crippen molar-refractivity contribution in [2.45, 2.75) is 0 Å². The molecule has 0 aliphatic carbocycles. The van der Waals surface area contributed by atoms with E-state index in [4.69, 9.17) is 19.4 Å². The second-order valence-corrected chi connectivity index (χ2v) is 11.1. The molecule has 210 valence electrons. The van der Waals surface area contributed by atoms with Gasteiger partial charge < -0.3 is 4.42 Å². The first-order valence-corrected chi connectivity index (χ1v) is 14.9. The summed E-state index contributed by atoms with van der Waals surface area (Å²) in [4.78, 5) is 19.3. The molecule has 0 bridgehead atoms. The molecule has 0 amide bonds. The molecule has 0 saturated carbocycles. The molecule has 9 rings (SSSR count). The molecular weight excluding hydrogens is 552 g/mol. The monoisotopic (exact) mass is 576 g/mol. The largest absolute Gasteiger partial charge is 0.455 e. The Kier molecular flexibility index (Phi) is 5.74. The van der Waals surface area contributed by atoms with Gasteiger partial charge in [0.15, 0.2) is 17.5 Å². The average Bonchev–Trinajstić information content (AvgIpc) is 3.50. The molecule has 5 heteroatoms. The first-order valence-electron chi connectivity index (χ1n) is 14.9. The number of benzene rings is 6. The second kappa shape index (κ2) is 10.2. The van der Waals surface area contributed by atoms with Gasteiger partial charge in [-0.15, -0.1) is 0 Å². The molecule has 0 aliphatic heterocycles. The van der Waals surface area contributed by atoms with Gasteiger partial charge in [0, 0.05) is 45.2 Å². The smallest absolute Gasteiger partial charge is 0.164 e. The predicted molar refractivity (Wildman–Crippen MR) is 182 cm³/mol. The molecule has 5 nitrogen and oxygen atoms in total. The lowest BCUT2D eigenvalue weighted by molar-refractivity contribution is 0.672. The van der Waals surface area contributed by atoms with Crippen molar-refractivity contribution in [3.8, 4) is 45.3 Å². The molecule has 45 heavy (non-hydrogen) atoms. The third-order valence-corrected chi connectivity index (χ3v) is 8.44. The van der Waals surface area contributed by atoms with Gasteiger partial charge in [-0.2, -0.15) is 0 Å². The Hall–Kier alpha value is -6.20. The predicted octanol–water partition coefficient (Wildman–Crippen LogP) is 10.1. The zero-order valence-corrected chi connectivity index (χ0v) is 24.1. The molecular formula is C40H24N4O. The fourth-order valence-electron chi connectivity index (χ4n) is 6.33. The third-order valence-electron chi connectivity index (χ3n) is 8.44. The second-order valence-electron chi connectivity index (χ2n) is 11.1. The minimum Gasteiger partial charge on any atom is -0.455 e. The molecule has 6 aromatic carbocycles. The SMILES string of the molecule is c1ccc(-c2nc(-c3ccccc3)nc(-c3ccc(-c4cccc5ccc6c7cnccc7oc6c45)c4ccccc34)n2)cc1. The summed E-state index contributed by atoms with van der Waals surface area (Å²) in [6, 6.07) is 45.6. The van der Waals surface area contributed by atoms with Crippen LogP contribution in [0, 0.1) is 0 Å². The fraction of sp³-hybridized carbons (Fsp3) is 0. The maximum atomic E-state index is 6.48. The molecule has 0 saturated heterocycles. The molecule has 0 N–H and O–H groups in total. The van der Waals surface area contributed by atoms with Gasteiger partial charge in [0.25, 0.3) is 0 Å². The highest BCUT2D eigenvalue weighted by molar-refractivity contribution is 6.20. The van der Waals surface area contributed by atoms with Gasteiger partial charge in [0.05, 0.1) is 0 Å². The molecule has 0 fully saturated rings. The Morgan fingerprint density at radius 1 is 0.422 bits per heavy atom. The molecule has 9 aromatic rings. The van der Waals surface area contributed by atoms with Crippen LogP contribution in [-0.4, -0.2) is 19.9 Å². The zero-order valence-electron chi connectivity index (χ0n) is 24.1. The van der Waals surface area contributed by atoms with Crippen molar-refractivity contribution in [3.63, 3.8) is 0 Å². The number of hydrogen-bond donors (Lipinski definition) is 0. The Labute approximate surface area is 258 Å². The quantitative estimate of drug-likeness (QED) is 0.209. The van der Waals surface area contributed by atoms with Gasteiger partial charge in [-0.3, -0.25) is 4.98 Å². The average molecular weight is 577 g/mol. The number of fused-ring (bicyclic) bond motifs is 6. The highest BCUT2D eigenvalue weighted by atomic mass is 16.3. The van der Waals surface area contributed by atoms with E-state index in [2.05, 4.69) is 71.7 Å². The van der Waals surface area contributed by atoms with E-state index in [9.17, 15) is 0 Å². The van der Waals surface area contributed by atoms with E-state index in [1.807, 2.05) is 72.9 Å². The summed E-state index contributed by atoms with van der Waals surface area (Å²) in [6.45, 7) is 0. The van der Waals surface area contributed by atoms with E-state index < -0.39 is 0 Å². The molecule has 0 aliphatic rings. The van der Waals surface area contributed by atoms with Gasteiger partial charge in [-0.05, 0) is 45.5 Å². The summed E-state index contributed by atoms with van der Waals surface area (Å²) in [6.07, 6.45) is 3.65. The Morgan fingerprint density at radius 3 is 1.80 bits per heavy atom. The lowest BCUT2D eigenvalue weighted by Crippen LogP contribution is -2.00. The van der Waals surface area contributed by atoms with Crippen LogP contribution in [0.2, 0.25) is 0 Å². The van der Waals surface area contributed by atoms with Crippen molar-refractivity contribution in [2.75, 3.05) is 0 Å². The minimum atomic E-state index is 0.635. The zero-order chi connectivity index (χ0) is 29.7. The number of aromatic nitrogens is 4. The lowest BCUT2D eigenvalue weighted by Gasteiger charge is -2.14. The van der Waals surface area contributed by atoms with E-state index in [1.165, 1.54) is 0 Å². The van der Waals surface area contributed by atoms with Crippen molar-refractivity contribution >= 4 is 43.5 Å². The van der Waals surface area contributed by atoms with Crippen molar-refractivity contribution in [2.24, 2.45) is 0 Å². The summed E-state index contributed by atoms with van der Waals surface area (Å²) in [5.41, 5.74) is 6.77. The van der Waals surface area contributed by atoms with E-state index >= 15 is 0 Å². The first kappa shape index (κ1) is 25.3. The third kappa shape index (κ3) is 4.17. The molecule has 0 unspecified atom stereocenters. The minimum absolute atomic E-state index is 0.635. The Morgan fingerprint density at radius 2 is 1.07 bits per heavy atom. The van der Waals surface area contributed by atoms with Crippen LogP contribution in [0.1, 0.15) is 0 Å². The molecule has 3 aromatic heterocycles. The Balaban J connectivity index is 1.29. The van der Waals surface area contributed by atoms with Gasteiger partial charge in [-0.1, -0.05) is 115 Å². The molecule has 3 heterocycles. The van der Waals surface area contributed by atoms with Crippen molar-refractivity contribution in [1.82, 2.24) is 19.9 Å². The summed E-state index contributed by atoms with van der Waals surface area (Å²) in [5.74, 6) is 1.92. The summed E-state index contributed by atoms with van der Waals surface area (Å²) in [5, 5.41) is 6.46. The summed E-state index contributed by atoms with van der Waals surface area (Å²) < 4.78 is 6.48. The van der Waals surface area contributed by atoms with Crippen LogP contribution in [-0.2, 0) is 0 Å². The normalized spacial score (nSPS) is 11.6. The number of rotatable bonds is 4. The maximum Gasteiger partial charge on any atom is 0.164 e. The summed E-state index contributed by atoms with van der Waals surface area (Å²) >= 11 is 0. The van der Waals surface area contributed by atoms with Gasteiger partial charge in [-0.25, -0.2) is 15.0 Å². The number of hydrogen-bond acceptors (Lipinski definition) is 5. The topological polar surface area (TPSA) is 64.7 Å². The summed E-state index contributed by atoms with van der Waals surface area (Å²) in [7, 11) is 0. The highest BCUT2D eigenvalue weighted by Crippen LogP contribution is 2.42. The fourth-order valence-corrected chi connectivity index (χ4v) is 6.33. The van der Waals surface area contributed by atoms with Crippen LogP contribution in [0.15, 0.2) is 150 Å². The van der Waals surface area contributed by atoms with Crippen LogP contribution >= 0.6 is 0 Å². The molecule has 0 spiro atoms. The van der Waals surface area contributed by atoms with Crippen LogP contribution in [0.4, 0.5) is 0 Å². The highest BCUT2D eigenvalue weighted by Gasteiger charge is 2.19.